The third-order valence-electron chi connectivity index (χ3n) is 7.16. The van der Waals surface area contributed by atoms with Crippen LogP contribution < -0.4 is 10.8 Å². The van der Waals surface area contributed by atoms with Crippen LogP contribution in [0.1, 0.15) is 51.4 Å². The normalized spacial score (nSPS) is 14.4. The van der Waals surface area contributed by atoms with Gasteiger partial charge in [0.15, 0.2) is 0 Å². The zero-order chi connectivity index (χ0) is 30.3. The average Bonchev–Trinajstić information content (AvgIpc) is 3.72. The number of alkyl halides is 3. The number of hydrogen-bond acceptors (Lipinski definition) is 5. The van der Waals surface area contributed by atoms with Crippen molar-refractivity contribution in [2.75, 3.05) is 7.05 Å². The molecule has 8 nitrogen and oxygen atoms in total. The minimum atomic E-state index is -4.88. The van der Waals surface area contributed by atoms with Crippen molar-refractivity contribution in [3.63, 3.8) is 0 Å². The number of benzene rings is 3. The van der Waals surface area contributed by atoms with Crippen molar-refractivity contribution < 1.29 is 45.6 Å². The van der Waals surface area contributed by atoms with E-state index in [9.17, 15) is 41.2 Å². The van der Waals surface area contributed by atoms with E-state index in [1.807, 2.05) is 0 Å². The van der Waals surface area contributed by atoms with Gasteiger partial charge in [0, 0.05) is 31.1 Å². The molecule has 1 aliphatic carbocycles. The molecule has 4 aromatic rings. The lowest BCUT2D eigenvalue weighted by molar-refractivity contribution is -0.136. The Morgan fingerprint density at radius 3 is 2.36 bits per heavy atom. The maximum atomic E-state index is 13.6. The highest BCUT2D eigenvalue weighted by Crippen LogP contribution is 2.45. The van der Waals surface area contributed by atoms with Gasteiger partial charge in [0.2, 0.25) is 11.3 Å². The van der Waals surface area contributed by atoms with Gasteiger partial charge in [-0.2, -0.15) is 17.5 Å². The highest BCUT2D eigenvalue weighted by molar-refractivity contribution is 7.76. The molecule has 1 amide bonds. The summed E-state index contributed by atoms with van der Waals surface area (Å²) < 4.78 is 83.9. The molecule has 0 radical (unpaired) electrons. The Hall–Kier alpha value is -3.56. The second kappa shape index (κ2) is 11.6. The monoisotopic (exact) mass is 604 g/mol. The first-order chi connectivity index (χ1) is 19.9. The number of nitrogens with zero attached hydrogens (tertiary/aromatic N) is 1. The zero-order valence-corrected chi connectivity index (χ0v) is 22.9. The second-order valence-corrected chi connectivity index (χ2v) is 11.0. The first kappa shape index (κ1) is 29.9. The number of fused-ring (bicyclic) bond motifs is 1. The van der Waals surface area contributed by atoms with E-state index >= 15 is 0 Å². The molecular formula is C28H25BF4N2O6S. The Balaban J connectivity index is 1.56. The van der Waals surface area contributed by atoms with E-state index in [1.54, 1.807) is 12.1 Å². The Morgan fingerprint density at radius 1 is 1.10 bits per heavy atom. The van der Waals surface area contributed by atoms with E-state index < -0.39 is 47.3 Å². The summed E-state index contributed by atoms with van der Waals surface area (Å²) in [5, 5.41) is 21.8. The molecule has 3 aromatic carbocycles. The Kier molecular flexibility index (Phi) is 8.27. The molecule has 1 aliphatic rings. The van der Waals surface area contributed by atoms with Gasteiger partial charge in [0.05, 0.1) is 11.1 Å². The van der Waals surface area contributed by atoms with Crippen molar-refractivity contribution in [2.24, 2.45) is 0 Å². The van der Waals surface area contributed by atoms with Crippen molar-refractivity contribution in [2.45, 2.75) is 38.0 Å². The molecule has 14 heteroatoms. The number of rotatable bonds is 9. The predicted octanol–water partition coefficient (Wildman–Crippen LogP) is 4.31. The molecule has 42 heavy (non-hydrogen) atoms. The number of hydrogen-bond donors (Lipinski definition) is 4. The van der Waals surface area contributed by atoms with E-state index in [1.165, 1.54) is 37.4 Å². The van der Waals surface area contributed by atoms with Crippen molar-refractivity contribution in [1.29, 1.82) is 0 Å². The quantitative estimate of drug-likeness (QED) is 0.128. The van der Waals surface area contributed by atoms with Crippen LogP contribution >= 0.6 is 0 Å². The number of amides is 1. The first-order valence-corrected chi connectivity index (χ1v) is 13.9. The zero-order valence-electron chi connectivity index (χ0n) is 22.1. The van der Waals surface area contributed by atoms with Gasteiger partial charge in [-0.05, 0) is 83.4 Å². The molecule has 1 heterocycles. The van der Waals surface area contributed by atoms with E-state index in [-0.39, 0.29) is 35.9 Å². The molecule has 0 bridgehead atoms. The summed E-state index contributed by atoms with van der Waals surface area (Å²) in [5.74, 6) is -0.548. The molecule has 0 aliphatic heterocycles. The van der Waals surface area contributed by atoms with Gasteiger partial charge in [0.1, 0.15) is 17.2 Å². The summed E-state index contributed by atoms with van der Waals surface area (Å²) in [6.07, 6.45) is -3.19. The van der Waals surface area contributed by atoms with E-state index in [4.69, 9.17) is 4.42 Å². The molecule has 1 fully saturated rings. The fourth-order valence-electron chi connectivity index (χ4n) is 5.00. The van der Waals surface area contributed by atoms with Gasteiger partial charge in [-0.15, -0.1) is 0 Å². The molecule has 220 valence electrons. The van der Waals surface area contributed by atoms with Gasteiger partial charge >= 0.3 is 13.3 Å². The number of nitrogens with one attached hydrogen (secondary N) is 1. The lowest BCUT2D eigenvalue weighted by atomic mass is 9.76. The van der Waals surface area contributed by atoms with Gasteiger partial charge < -0.3 is 19.8 Å². The summed E-state index contributed by atoms with van der Waals surface area (Å²) in [4.78, 5) is 12.9. The first-order valence-electron chi connectivity index (χ1n) is 12.9. The van der Waals surface area contributed by atoms with Crippen molar-refractivity contribution in [1.82, 2.24) is 9.62 Å². The highest BCUT2D eigenvalue weighted by Gasteiger charge is 2.37. The van der Waals surface area contributed by atoms with Crippen LogP contribution in [0.2, 0.25) is 0 Å². The van der Waals surface area contributed by atoms with Gasteiger partial charge in [-0.1, -0.05) is 12.1 Å². The number of halogens is 4. The topological polar surface area (TPSA) is 123 Å². The Labute approximate surface area is 240 Å². The van der Waals surface area contributed by atoms with E-state index in [0.717, 1.165) is 34.8 Å². The second-order valence-electron chi connectivity index (χ2n) is 10.0. The number of carbonyl (C=O) groups excluding carboxylic acids is 1. The fourth-order valence-corrected chi connectivity index (χ4v) is 5.51. The van der Waals surface area contributed by atoms with Crippen molar-refractivity contribution >= 4 is 40.7 Å². The van der Waals surface area contributed by atoms with Gasteiger partial charge in [0.25, 0.3) is 5.91 Å². The molecule has 1 atom stereocenters. The van der Waals surface area contributed by atoms with Crippen LogP contribution in [0.4, 0.5) is 17.6 Å². The number of furan rings is 1. The summed E-state index contributed by atoms with van der Waals surface area (Å²) in [6, 6.07) is 11.7. The molecule has 1 unspecified atom stereocenters. The van der Waals surface area contributed by atoms with Crippen LogP contribution in [0, 0.1) is 5.82 Å². The summed E-state index contributed by atoms with van der Waals surface area (Å²) >= 11 is -2.60. The van der Waals surface area contributed by atoms with E-state index in [2.05, 4.69) is 5.32 Å². The molecule has 5 rings (SSSR count). The smallest absolute Gasteiger partial charge is 0.455 e. The molecule has 1 saturated carbocycles. The van der Waals surface area contributed by atoms with Crippen LogP contribution in [0.25, 0.3) is 22.3 Å². The van der Waals surface area contributed by atoms with Crippen LogP contribution in [-0.4, -0.2) is 43.2 Å². The average molecular weight is 604 g/mol. The summed E-state index contributed by atoms with van der Waals surface area (Å²) in [7, 11) is -0.877. The lowest BCUT2D eigenvalue weighted by Gasteiger charge is -2.21. The van der Waals surface area contributed by atoms with Gasteiger partial charge in [-0.3, -0.25) is 9.35 Å². The predicted molar refractivity (Wildman–Crippen MR) is 148 cm³/mol. The minimum absolute atomic E-state index is 0.0293. The maximum Gasteiger partial charge on any atom is 0.489 e. The van der Waals surface area contributed by atoms with Crippen molar-refractivity contribution in [3.05, 3.63) is 88.2 Å². The minimum Gasteiger partial charge on any atom is -0.455 e. The van der Waals surface area contributed by atoms with E-state index in [0.29, 0.717) is 22.1 Å². The fraction of sp³-hybridized carbons (Fsp3) is 0.250. The summed E-state index contributed by atoms with van der Waals surface area (Å²) in [6.45, 7) is -0.503. The van der Waals surface area contributed by atoms with Crippen LogP contribution in [0.5, 0.6) is 0 Å². The third kappa shape index (κ3) is 6.13. The Morgan fingerprint density at radius 2 is 1.79 bits per heavy atom. The lowest BCUT2D eigenvalue weighted by Crippen LogP contribution is -2.36. The largest absolute Gasteiger partial charge is 0.489 e. The highest BCUT2D eigenvalue weighted by atomic mass is 32.2. The number of carbonyl (C=O) groups is 1. The van der Waals surface area contributed by atoms with Crippen molar-refractivity contribution in [3.8, 4) is 11.3 Å². The molecule has 0 saturated heterocycles. The SMILES string of the molecule is CNC(=O)c1c(-c2ccc(F)cc2)oc2cc(CN(Cc3ccc(B(O)O)c(C(F)(F)F)c3)S(=O)O)c(C3CC3)cc12. The van der Waals surface area contributed by atoms with Crippen LogP contribution in [0.15, 0.2) is 59.0 Å². The molecule has 4 N–H and O–H groups in total. The third-order valence-corrected chi connectivity index (χ3v) is 7.86. The van der Waals surface area contributed by atoms with Crippen LogP contribution in [-0.2, 0) is 30.5 Å². The molecule has 0 spiro atoms. The standard InChI is InChI=1S/C28H25BF4N2O6S/c1-34-27(36)25-21-12-20(16-3-4-16)18(11-24(21)41-26(25)17-5-7-19(30)8-6-17)14-35(42(39)40)13-15-2-9-23(29(37)38)22(10-15)28(31,32)33/h2,5-12,16,37-38H,3-4,13-14H2,1H3,(H,34,36)(H,39,40). The molecular weight excluding hydrogens is 579 g/mol. The summed E-state index contributed by atoms with van der Waals surface area (Å²) in [5.41, 5.74) is 0.462. The maximum absolute atomic E-state index is 13.6. The van der Waals surface area contributed by atoms with Crippen LogP contribution in [0.3, 0.4) is 0 Å². The Bertz CT molecular complexity index is 1670. The molecule has 1 aromatic heterocycles. The van der Waals surface area contributed by atoms with Gasteiger partial charge in [-0.25, -0.2) is 8.60 Å².